The maximum atomic E-state index is 13.8. The van der Waals surface area contributed by atoms with Gasteiger partial charge in [0.2, 0.25) is 0 Å². The lowest BCUT2D eigenvalue weighted by Gasteiger charge is -2.31. The van der Waals surface area contributed by atoms with Crippen LogP contribution in [0.3, 0.4) is 0 Å². The molecule has 0 bridgehead atoms. The van der Waals surface area contributed by atoms with Crippen LogP contribution in [0.15, 0.2) is 54.6 Å². The van der Waals surface area contributed by atoms with E-state index in [1.54, 1.807) is 18.2 Å². The van der Waals surface area contributed by atoms with Crippen LogP contribution >= 0.6 is 0 Å². The fourth-order valence-electron chi connectivity index (χ4n) is 3.62. The molecule has 0 radical (unpaired) electrons. The first-order valence-electron chi connectivity index (χ1n) is 9.43. The van der Waals surface area contributed by atoms with Crippen molar-refractivity contribution in [3.8, 4) is 0 Å². The second kappa shape index (κ2) is 7.92. The average molecular weight is 366 g/mol. The molecule has 4 rings (SSSR count). The number of likely N-dealkylation sites (tertiary alicyclic amines) is 1. The molecule has 1 fully saturated rings. The van der Waals surface area contributed by atoms with Gasteiger partial charge in [-0.05, 0) is 43.0 Å². The van der Waals surface area contributed by atoms with Crippen LogP contribution in [-0.2, 0) is 11.2 Å². The molecular formula is C22H23FN2O2. The van der Waals surface area contributed by atoms with Gasteiger partial charge in [-0.25, -0.2) is 4.39 Å². The van der Waals surface area contributed by atoms with Gasteiger partial charge in [0, 0.05) is 24.0 Å². The van der Waals surface area contributed by atoms with Crippen molar-refractivity contribution in [3.63, 3.8) is 0 Å². The summed E-state index contributed by atoms with van der Waals surface area (Å²) in [7, 11) is 0. The minimum absolute atomic E-state index is 0.0756. The number of aromatic nitrogens is 1. The number of piperidine rings is 1. The van der Waals surface area contributed by atoms with Crippen molar-refractivity contribution in [1.82, 2.24) is 9.88 Å². The number of aromatic amines is 1. The van der Waals surface area contributed by atoms with E-state index in [-0.39, 0.29) is 17.8 Å². The highest BCUT2D eigenvalue weighted by atomic mass is 19.1. The third-order valence-corrected chi connectivity index (χ3v) is 5.16. The molecule has 1 amide bonds. The highest BCUT2D eigenvalue weighted by molar-refractivity contribution is 5.98. The molecule has 1 aromatic heterocycles. The monoisotopic (exact) mass is 366 g/mol. The largest absolute Gasteiger partial charge is 0.378 e. The van der Waals surface area contributed by atoms with E-state index in [4.69, 9.17) is 4.74 Å². The van der Waals surface area contributed by atoms with Gasteiger partial charge in [-0.2, -0.15) is 0 Å². The van der Waals surface area contributed by atoms with Gasteiger partial charge < -0.3 is 14.6 Å². The number of carbonyl (C=O) groups excluding carboxylic acids is 1. The Hall–Kier alpha value is -2.66. The maximum Gasteiger partial charge on any atom is 0.270 e. The Morgan fingerprint density at radius 1 is 1.11 bits per heavy atom. The molecule has 5 heteroatoms. The van der Waals surface area contributed by atoms with Gasteiger partial charge in [0.15, 0.2) is 0 Å². The van der Waals surface area contributed by atoms with E-state index in [1.807, 2.05) is 23.1 Å². The number of fused-ring (bicyclic) bond motifs is 1. The van der Waals surface area contributed by atoms with E-state index in [0.29, 0.717) is 36.3 Å². The Kier molecular flexibility index (Phi) is 5.21. The molecule has 0 aliphatic carbocycles. The first kappa shape index (κ1) is 17.7. The van der Waals surface area contributed by atoms with Crippen LogP contribution in [0.4, 0.5) is 4.39 Å². The van der Waals surface area contributed by atoms with E-state index in [2.05, 4.69) is 17.1 Å². The number of nitrogens with one attached hydrogen (secondary N) is 1. The van der Waals surface area contributed by atoms with Gasteiger partial charge in [0.25, 0.3) is 5.91 Å². The summed E-state index contributed by atoms with van der Waals surface area (Å²) in [5, 5.41) is 0.458. The van der Waals surface area contributed by atoms with Crippen molar-refractivity contribution < 1.29 is 13.9 Å². The molecule has 140 valence electrons. The molecule has 2 aromatic carbocycles. The number of amides is 1. The molecule has 4 nitrogen and oxygen atoms in total. The molecule has 0 spiro atoms. The summed E-state index contributed by atoms with van der Waals surface area (Å²) < 4.78 is 19.8. The highest BCUT2D eigenvalue weighted by Gasteiger charge is 2.25. The summed E-state index contributed by atoms with van der Waals surface area (Å²) in [4.78, 5) is 17.6. The fourth-order valence-corrected chi connectivity index (χ4v) is 3.62. The van der Waals surface area contributed by atoms with E-state index in [1.165, 1.54) is 11.6 Å². The highest BCUT2D eigenvalue weighted by Crippen LogP contribution is 2.21. The van der Waals surface area contributed by atoms with Crippen molar-refractivity contribution in [2.24, 2.45) is 0 Å². The number of halogens is 1. The van der Waals surface area contributed by atoms with Crippen LogP contribution in [0.25, 0.3) is 10.9 Å². The number of H-pyrrole nitrogens is 1. The summed E-state index contributed by atoms with van der Waals surface area (Å²) in [6, 6.07) is 16.7. The SMILES string of the molecule is O=C(c1cc2c(F)cccc2[nH]1)N1CCC(OCCc2ccccc2)CC1. The third kappa shape index (κ3) is 4.03. The number of carbonyl (C=O) groups is 1. The van der Waals surface area contributed by atoms with Crippen LogP contribution in [-0.4, -0.2) is 41.6 Å². The van der Waals surface area contributed by atoms with Crippen molar-refractivity contribution in [2.75, 3.05) is 19.7 Å². The summed E-state index contributed by atoms with van der Waals surface area (Å²) in [6.07, 6.45) is 2.75. The lowest BCUT2D eigenvalue weighted by molar-refractivity contribution is 0.00991. The van der Waals surface area contributed by atoms with Gasteiger partial charge in [0.05, 0.1) is 12.7 Å². The minimum atomic E-state index is -0.312. The number of ether oxygens (including phenoxy) is 1. The molecule has 1 N–H and O–H groups in total. The number of nitrogens with zero attached hydrogens (tertiary/aromatic N) is 1. The molecule has 0 saturated carbocycles. The molecule has 3 aromatic rings. The molecule has 1 aliphatic rings. The van der Waals surface area contributed by atoms with E-state index >= 15 is 0 Å². The number of rotatable bonds is 5. The quantitative estimate of drug-likeness (QED) is 0.737. The first-order valence-corrected chi connectivity index (χ1v) is 9.43. The van der Waals surface area contributed by atoms with Crippen molar-refractivity contribution in [1.29, 1.82) is 0 Å². The second-order valence-electron chi connectivity index (χ2n) is 6.98. The predicted molar refractivity (Wildman–Crippen MR) is 103 cm³/mol. The zero-order valence-electron chi connectivity index (χ0n) is 15.2. The van der Waals surface area contributed by atoms with Crippen molar-refractivity contribution in [3.05, 3.63) is 71.7 Å². The molecule has 1 aliphatic heterocycles. The predicted octanol–water partition coefficient (Wildman–Crippen LogP) is 4.17. The first-order chi connectivity index (χ1) is 13.2. The minimum Gasteiger partial charge on any atom is -0.378 e. The number of hydrogen-bond donors (Lipinski definition) is 1. The van der Waals surface area contributed by atoms with Crippen LogP contribution in [0.5, 0.6) is 0 Å². The number of hydrogen-bond acceptors (Lipinski definition) is 2. The maximum absolute atomic E-state index is 13.8. The molecule has 0 atom stereocenters. The van der Waals surface area contributed by atoms with E-state index in [9.17, 15) is 9.18 Å². The second-order valence-corrected chi connectivity index (χ2v) is 6.98. The Morgan fingerprint density at radius 3 is 2.63 bits per heavy atom. The van der Waals surface area contributed by atoms with Crippen LogP contribution < -0.4 is 0 Å². The van der Waals surface area contributed by atoms with E-state index < -0.39 is 0 Å². The van der Waals surface area contributed by atoms with Gasteiger partial charge in [0.1, 0.15) is 11.5 Å². The van der Waals surface area contributed by atoms with Crippen molar-refractivity contribution >= 4 is 16.8 Å². The smallest absolute Gasteiger partial charge is 0.270 e. The normalized spacial score (nSPS) is 15.4. The van der Waals surface area contributed by atoms with Crippen LogP contribution in [0, 0.1) is 5.82 Å². The zero-order valence-corrected chi connectivity index (χ0v) is 15.2. The molecule has 27 heavy (non-hydrogen) atoms. The number of benzene rings is 2. The van der Waals surface area contributed by atoms with Gasteiger partial charge in [-0.1, -0.05) is 36.4 Å². The van der Waals surface area contributed by atoms with Gasteiger partial charge >= 0.3 is 0 Å². The van der Waals surface area contributed by atoms with Crippen LogP contribution in [0.1, 0.15) is 28.9 Å². The topological polar surface area (TPSA) is 45.3 Å². The Morgan fingerprint density at radius 2 is 1.89 bits per heavy atom. The van der Waals surface area contributed by atoms with Crippen LogP contribution in [0.2, 0.25) is 0 Å². The average Bonchev–Trinajstić information content (AvgIpc) is 3.15. The molecular weight excluding hydrogens is 343 g/mol. The lowest BCUT2D eigenvalue weighted by atomic mass is 10.1. The van der Waals surface area contributed by atoms with E-state index in [0.717, 1.165) is 19.3 Å². The van der Waals surface area contributed by atoms with Gasteiger partial charge in [-0.15, -0.1) is 0 Å². The standard InChI is InChI=1S/C22H23FN2O2/c23-19-7-4-8-20-18(19)15-21(24-20)22(26)25-12-9-17(10-13-25)27-14-11-16-5-2-1-3-6-16/h1-8,15,17,24H,9-14H2. The molecule has 2 heterocycles. The molecule has 0 unspecified atom stereocenters. The lowest BCUT2D eigenvalue weighted by Crippen LogP contribution is -2.41. The fraction of sp³-hybridized carbons (Fsp3) is 0.318. The third-order valence-electron chi connectivity index (χ3n) is 5.16. The summed E-state index contributed by atoms with van der Waals surface area (Å²) in [5.41, 5.74) is 2.37. The summed E-state index contributed by atoms with van der Waals surface area (Å²) >= 11 is 0. The summed E-state index contributed by atoms with van der Waals surface area (Å²) in [6.45, 7) is 2.02. The molecule has 1 saturated heterocycles. The van der Waals surface area contributed by atoms with Crippen molar-refractivity contribution in [2.45, 2.75) is 25.4 Å². The summed E-state index contributed by atoms with van der Waals surface area (Å²) in [5.74, 6) is -0.387. The Bertz CT molecular complexity index is 914. The van der Waals surface area contributed by atoms with Gasteiger partial charge in [-0.3, -0.25) is 4.79 Å². The Balaban J connectivity index is 1.29. The Labute approximate surface area is 157 Å². The zero-order chi connectivity index (χ0) is 18.6.